The Bertz CT molecular complexity index is 510. The summed E-state index contributed by atoms with van der Waals surface area (Å²) in [7, 11) is 0. The van der Waals surface area contributed by atoms with E-state index in [4.69, 9.17) is 0 Å². The van der Waals surface area contributed by atoms with Crippen molar-refractivity contribution in [3.63, 3.8) is 0 Å². The highest BCUT2D eigenvalue weighted by atomic mass is 32.1. The van der Waals surface area contributed by atoms with Crippen molar-refractivity contribution in [2.45, 2.75) is 18.9 Å². The maximum absolute atomic E-state index is 11.8. The summed E-state index contributed by atoms with van der Waals surface area (Å²) in [5.74, 6) is 0. The summed E-state index contributed by atoms with van der Waals surface area (Å²) in [6.45, 7) is 0. The molecule has 1 saturated carbocycles. The van der Waals surface area contributed by atoms with E-state index in [2.05, 4.69) is 5.10 Å². The molecule has 0 atom stereocenters. The van der Waals surface area contributed by atoms with E-state index in [9.17, 15) is 4.79 Å². The van der Waals surface area contributed by atoms with E-state index in [-0.39, 0.29) is 5.56 Å². The van der Waals surface area contributed by atoms with Gasteiger partial charge in [0.15, 0.2) is 0 Å². The van der Waals surface area contributed by atoms with Crippen LogP contribution in [-0.2, 0) is 0 Å². The van der Waals surface area contributed by atoms with Crippen LogP contribution in [0.3, 0.4) is 0 Å². The van der Waals surface area contributed by atoms with Gasteiger partial charge in [0, 0.05) is 0 Å². The molecule has 0 unspecified atom stereocenters. The molecule has 1 aliphatic carbocycles. The number of thiophene rings is 1. The molecule has 0 N–H and O–H groups in total. The lowest BCUT2D eigenvalue weighted by atomic mass is 10.4. The van der Waals surface area contributed by atoms with Crippen LogP contribution in [0.4, 0.5) is 0 Å². The number of aromatic nitrogens is 2. The lowest BCUT2D eigenvalue weighted by Gasteiger charge is -1.99. The zero-order valence-corrected chi connectivity index (χ0v) is 7.75. The molecular formula is C9H8N2OS. The molecule has 66 valence electrons. The van der Waals surface area contributed by atoms with Crippen molar-refractivity contribution in [1.29, 1.82) is 0 Å². The largest absolute Gasteiger partial charge is 0.275 e. The molecule has 0 spiro atoms. The van der Waals surface area contributed by atoms with Gasteiger partial charge < -0.3 is 0 Å². The predicted octanol–water partition coefficient (Wildman–Crippen LogP) is 1.79. The highest BCUT2D eigenvalue weighted by molar-refractivity contribution is 7.17. The van der Waals surface area contributed by atoms with Crippen LogP contribution < -0.4 is 5.56 Å². The first kappa shape index (κ1) is 7.26. The van der Waals surface area contributed by atoms with Crippen molar-refractivity contribution >= 4 is 21.4 Å². The first-order chi connectivity index (χ1) is 6.36. The van der Waals surface area contributed by atoms with Crippen molar-refractivity contribution in [3.05, 3.63) is 28.0 Å². The summed E-state index contributed by atoms with van der Waals surface area (Å²) >= 11 is 1.57. The summed E-state index contributed by atoms with van der Waals surface area (Å²) in [6.07, 6.45) is 3.99. The maximum atomic E-state index is 11.8. The molecule has 2 aromatic heterocycles. The molecule has 0 aromatic carbocycles. The third-order valence-corrected chi connectivity index (χ3v) is 3.18. The second-order valence-corrected chi connectivity index (χ2v) is 4.27. The molecular weight excluding hydrogens is 184 g/mol. The molecule has 0 radical (unpaired) electrons. The average molecular weight is 192 g/mol. The van der Waals surface area contributed by atoms with Crippen LogP contribution >= 0.6 is 11.3 Å². The smallest absolute Gasteiger partial charge is 0.267 e. The second kappa shape index (κ2) is 2.42. The summed E-state index contributed by atoms with van der Waals surface area (Å²) in [6, 6.07) is 2.25. The molecule has 1 aliphatic rings. The van der Waals surface area contributed by atoms with E-state index in [0.29, 0.717) is 6.04 Å². The molecule has 4 heteroatoms. The van der Waals surface area contributed by atoms with Gasteiger partial charge in [0.1, 0.15) is 0 Å². The number of fused-ring (bicyclic) bond motifs is 1. The molecule has 2 aromatic rings. The fourth-order valence-corrected chi connectivity index (χ4v) is 2.21. The average Bonchev–Trinajstić information content (AvgIpc) is 2.83. The lowest BCUT2D eigenvalue weighted by molar-refractivity contribution is 0.606. The molecule has 0 amide bonds. The predicted molar refractivity (Wildman–Crippen MR) is 52.2 cm³/mol. The molecule has 0 aliphatic heterocycles. The van der Waals surface area contributed by atoms with Gasteiger partial charge in [0.2, 0.25) is 0 Å². The lowest BCUT2D eigenvalue weighted by Crippen LogP contribution is -2.20. The Morgan fingerprint density at radius 2 is 2.38 bits per heavy atom. The minimum absolute atomic E-state index is 0.0706. The van der Waals surface area contributed by atoms with Crippen molar-refractivity contribution in [3.8, 4) is 0 Å². The van der Waals surface area contributed by atoms with Crippen molar-refractivity contribution in [1.82, 2.24) is 9.78 Å². The SMILES string of the molecule is O=c1c2ccsc2cnn1C1CC1. The first-order valence-electron chi connectivity index (χ1n) is 4.31. The monoisotopic (exact) mass is 192 g/mol. The Balaban J connectivity index is 2.37. The van der Waals surface area contributed by atoms with Crippen LogP contribution in [0.15, 0.2) is 22.4 Å². The number of rotatable bonds is 1. The van der Waals surface area contributed by atoms with E-state index in [1.807, 2.05) is 11.4 Å². The third kappa shape index (κ3) is 1.02. The highest BCUT2D eigenvalue weighted by Gasteiger charge is 2.26. The molecule has 0 saturated heterocycles. The molecule has 3 nitrogen and oxygen atoms in total. The van der Waals surface area contributed by atoms with Crippen LogP contribution in [0.25, 0.3) is 10.1 Å². The Morgan fingerprint density at radius 1 is 1.54 bits per heavy atom. The number of hydrogen-bond acceptors (Lipinski definition) is 3. The van der Waals surface area contributed by atoms with Crippen molar-refractivity contribution in [2.75, 3.05) is 0 Å². The standard InChI is InChI=1S/C9H8N2OS/c12-9-7-3-4-13-8(7)5-10-11(9)6-1-2-6/h3-6H,1-2H2. The summed E-state index contributed by atoms with van der Waals surface area (Å²) in [5, 5.41) is 6.90. The molecule has 1 fully saturated rings. The molecule has 2 heterocycles. The van der Waals surface area contributed by atoms with E-state index in [1.165, 1.54) is 0 Å². The summed E-state index contributed by atoms with van der Waals surface area (Å²) < 4.78 is 2.61. The molecule has 13 heavy (non-hydrogen) atoms. The molecule has 3 rings (SSSR count). The van der Waals surface area contributed by atoms with Gasteiger partial charge in [-0.1, -0.05) is 0 Å². The van der Waals surface area contributed by atoms with Crippen LogP contribution in [0.2, 0.25) is 0 Å². The van der Waals surface area contributed by atoms with Gasteiger partial charge in [0.05, 0.1) is 22.3 Å². The van der Waals surface area contributed by atoms with Gasteiger partial charge in [-0.15, -0.1) is 11.3 Å². The van der Waals surface area contributed by atoms with Gasteiger partial charge in [-0.3, -0.25) is 4.79 Å². The minimum atomic E-state index is 0.0706. The second-order valence-electron chi connectivity index (χ2n) is 3.32. The van der Waals surface area contributed by atoms with Gasteiger partial charge in [-0.05, 0) is 24.3 Å². The Labute approximate surface area is 78.6 Å². The first-order valence-corrected chi connectivity index (χ1v) is 5.19. The zero-order chi connectivity index (χ0) is 8.84. The summed E-state index contributed by atoms with van der Waals surface area (Å²) in [5.41, 5.74) is 0.0706. The van der Waals surface area contributed by atoms with Crippen molar-refractivity contribution < 1.29 is 0 Å². The van der Waals surface area contributed by atoms with Crippen LogP contribution in [0.1, 0.15) is 18.9 Å². The molecule has 0 bridgehead atoms. The Kier molecular flexibility index (Phi) is 1.35. The van der Waals surface area contributed by atoms with Crippen LogP contribution in [-0.4, -0.2) is 9.78 Å². The maximum Gasteiger partial charge on any atom is 0.275 e. The van der Waals surface area contributed by atoms with Gasteiger partial charge in [-0.25, -0.2) is 4.68 Å². The normalized spacial score (nSPS) is 16.6. The number of nitrogens with zero attached hydrogens (tertiary/aromatic N) is 2. The third-order valence-electron chi connectivity index (χ3n) is 2.33. The van der Waals surface area contributed by atoms with Crippen molar-refractivity contribution in [2.24, 2.45) is 0 Å². The fraction of sp³-hybridized carbons (Fsp3) is 0.333. The minimum Gasteiger partial charge on any atom is -0.267 e. The highest BCUT2D eigenvalue weighted by Crippen LogP contribution is 2.33. The zero-order valence-electron chi connectivity index (χ0n) is 6.93. The van der Waals surface area contributed by atoms with Gasteiger partial charge in [0.25, 0.3) is 5.56 Å². The van der Waals surface area contributed by atoms with Gasteiger partial charge in [-0.2, -0.15) is 5.10 Å². The van der Waals surface area contributed by atoms with Gasteiger partial charge >= 0.3 is 0 Å². The van der Waals surface area contributed by atoms with E-state index < -0.39 is 0 Å². The van der Waals surface area contributed by atoms with E-state index in [1.54, 1.807) is 22.2 Å². The summed E-state index contributed by atoms with van der Waals surface area (Å²) in [4.78, 5) is 11.8. The number of hydrogen-bond donors (Lipinski definition) is 0. The Morgan fingerprint density at radius 3 is 3.15 bits per heavy atom. The quantitative estimate of drug-likeness (QED) is 0.690. The van der Waals surface area contributed by atoms with E-state index >= 15 is 0 Å². The van der Waals surface area contributed by atoms with Crippen LogP contribution in [0.5, 0.6) is 0 Å². The fourth-order valence-electron chi connectivity index (χ4n) is 1.47. The van der Waals surface area contributed by atoms with E-state index in [0.717, 1.165) is 22.9 Å². The topological polar surface area (TPSA) is 34.9 Å². The van der Waals surface area contributed by atoms with Crippen LogP contribution in [0, 0.1) is 0 Å². The Hall–Kier alpha value is -1.16.